The zero-order chi connectivity index (χ0) is 11.3. The van der Waals surface area contributed by atoms with Crippen molar-refractivity contribution in [3.63, 3.8) is 0 Å². The molecule has 0 atom stereocenters. The molecule has 0 saturated heterocycles. The van der Waals surface area contributed by atoms with Crippen molar-refractivity contribution in [1.82, 2.24) is 0 Å². The Kier molecular flexibility index (Phi) is 4.10. The second-order valence-corrected chi connectivity index (χ2v) is 3.30. The number of benzene rings is 1. The maximum atomic E-state index is 11.4. The van der Waals surface area contributed by atoms with Gasteiger partial charge in [0, 0.05) is 12.0 Å². The summed E-state index contributed by atoms with van der Waals surface area (Å²) in [4.78, 5) is 11.4. The molecule has 0 aliphatic heterocycles. The lowest BCUT2D eigenvalue weighted by molar-refractivity contribution is 0.0972. The van der Waals surface area contributed by atoms with Crippen molar-refractivity contribution in [2.75, 3.05) is 7.11 Å². The first-order valence-corrected chi connectivity index (χ1v) is 5.01. The van der Waals surface area contributed by atoms with Crippen LogP contribution in [0.2, 0.25) is 0 Å². The van der Waals surface area contributed by atoms with Crippen molar-refractivity contribution < 1.29 is 9.53 Å². The highest BCUT2D eigenvalue weighted by atomic mass is 16.5. The van der Waals surface area contributed by atoms with Gasteiger partial charge in [-0.25, -0.2) is 0 Å². The minimum atomic E-state index is 0.268. The second-order valence-electron chi connectivity index (χ2n) is 3.30. The Labute approximate surface area is 90.6 Å². The summed E-state index contributed by atoms with van der Waals surface area (Å²) in [5.41, 5.74) is 2.02. The van der Waals surface area contributed by atoms with Gasteiger partial charge in [-0.1, -0.05) is 0 Å². The number of fused-ring (bicyclic) bond motifs is 1. The van der Waals surface area contributed by atoms with Gasteiger partial charge in [0.25, 0.3) is 0 Å². The molecule has 0 radical (unpaired) electrons. The van der Waals surface area contributed by atoms with E-state index in [1.165, 1.54) is 0 Å². The minimum Gasteiger partial charge on any atom is -0.497 e. The van der Waals surface area contributed by atoms with Crippen LogP contribution in [0.25, 0.3) is 0 Å². The average molecular weight is 204 g/mol. The maximum absolute atomic E-state index is 11.4. The summed E-state index contributed by atoms with van der Waals surface area (Å²) in [6, 6.07) is 5.68. The minimum absolute atomic E-state index is 0.268. The molecule has 0 amide bonds. The standard InChI is InChI=1S/C11H12O2.C2H4/c1-13-9-5-6-10-8(7-9)3-2-4-11(10)12;1-2/h5-7H,2-4H2,1H3;1-2H2. The first-order valence-electron chi connectivity index (χ1n) is 5.01. The van der Waals surface area contributed by atoms with Crippen LogP contribution >= 0.6 is 0 Å². The monoisotopic (exact) mass is 204 g/mol. The van der Waals surface area contributed by atoms with E-state index in [1.54, 1.807) is 7.11 Å². The van der Waals surface area contributed by atoms with Crippen LogP contribution in [-0.4, -0.2) is 12.9 Å². The lowest BCUT2D eigenvalue weighted by atomic mass is 9.91. The molecule has 1 aliphatic carbocycles. The Balaban J connectivity index is 0.000000531. The molecular weight excluding hydrogens is 188 g/mol. The van der Waals surface area contributed by atoms with Crippen LogP contribution < -0.4 is 4.74 Å². The van der Waals surface area contributed by atoms with E-state index in [4.69, 9.17) is 4.74 Å². The molecule has 0 bridgehead atoms. The van der Waals surface area contributed by atoms with Gasteiger partial charge in [0.1, 0.15) is 5.75 Å². The summed E-state index contributed by atoms with van der Waals surface area (Å²) < 4.78 is 5.10. The zero-order valence-electron chi connectivity index (χ0n) is 9.08. The molecule has 0 N–H and O–H groups in total. The molecular formula is C13H16O2. The topological polar surface area (TPSA) is 26.3 Å². The van der Waals surface area contributed by atoms with E-state index in [0.717, 1.165) is 29.7 Å². The van der Waals surface area contributed by atoms with Crippen molar-refractivity contribution in [3.8, 4) is 5.75 Å². The van der Waals surface area contributed by atoms with Gasteiger partial charge in [0.15, 0.2) is 5.78 Å². The van der Waals surface area contributed by atoms with Crippen LogP contribution in [0.4, 0.5) is 0 Å². The van der Waals surface area contributed by atoms with E-state index in [-0.39, 0.29) is 5.78 Å². The number of rotatable bonds is 1. The summed E-state index contributed by atoms with van der Waals surface area (Å²) in [6.07, 6.45) is 2.66. The fraction of sp³-hybridized carbons (Fsp3) is 0.308. The third-order valence-electron chi connectivity index (χ3n) is 2.46. The summed E-state index contributed by atoms with van der Waals surface area (Å²) in [7, 11) is 1.65. The Morgan fingerprint density at radius 1 is 1.27 bits per heavy atom. The van der Waals surface area contributed by atoms with E-state index in [2.05, 4.69) is 13.2 Å². The van der Waals surface area contributed by atoms with Crippen LogP contribution in [0.15, 0.2) is 31.4 Å². The number of carbonyl (C=O) groups excluding carboxylic acids is 1. The number of hydrogen-bond donors (Lipinski definition) is 0. The summed E-state index contributed by atoms with van der Waals surface area (Å²) >= 11 is 0. The van der Waals surface area contributed by atoms with Gasteiger partial charge in [-0.05, 0) is 36.6 Å². The van der Waals surface area contributed by atoms with Crippen LogP contribution in [0.5, 0.6) is 5.75 Å². The third-order valence-corrected chi connectivity index (χ3v) is 2.46. The van der Waals surface area contributed by atoms with Gasteiger partial charge in [-0.2, -0.15) is 0 Å². The van der Waals surface area contributed by atoms with Crippen molar-refractivity contribution in [2.45, 2.75) is 19.3 Å². The van der Waals surface area contributed by atoms with Crippen LogP contribution in [-0.2, 0) is 6.42 Å². The molecule has 1 aliphatic rings. The van der Waals surface area contributed by atoms with E-state index < -0.39 is 0 Å². The molecule has 2 nitrogen and oxygen atoms in total. The quantitative estimate of drug-likeness (QED) is 0.657. The molecule has 0 spiro atoms. The smallest absolute Gasteiger partial charge is 0.163 e. The van der Waals surface area contributed by atoms with Gasteiger partial charge in [-0.15, -0.1) is 13.2 Å². The largest absolute Gasteiger partial charge is 0.497 e. The molecule has 0 unspecified atom stereocenters. The first kappa shape index (κ1) is 11.5. The predicted molar refractivity (Wildman–Crippen MR) is 61.5 cm³/mol. The molecule has 2 rings (SSSR count). The van der Waals surface area contributed by atoms with Crippen molar-refractivity contribution in [3.05, 3.63) is 42.5 Å². The molecule has 0 aromatic heterocycles. The highest BCUT2D eigenvalue weighted by Crippen LogP contribution is 2.24. The summed E-state index contributed by atoms with van der Waals surface area (Å²) in [6.45, 7) is 6.00. The molecule has 0 heterocycles. The molecule has 15 heavy (non-hydrogen) atoms. The summed E-state index contributed by atoms with van der Waals surface area (Å²) in [5.74, 6) is 1.11. The van der Waals surface area contributed by atoms with Crippen LogP contribution in [0.3, 0.4) is 0 Å². The van der Waals surface area contributed by atoms with E-state index >= 15 is 0 Å². The number of carbonyl (C=O) groups is 1. The van der Waals surface area contributed by atoms with Crippen molar-refractivity contribution in [1.29, 1.82) is 0 Å². The maximum Gasteiger partial charge on any atom is 0.163 e. The number of ketones is 1. The molecule has 2 heteroatoms. The Bertz CT molecular complexity index is 356. The first-order chi connectivity index (χ1) is 7.31. The van der Waals surface area contributed by atoms with E-state index in [1.807, 2.05) is 18.2 Å². The zero-order valence-corrected chi connectivity index (χ0v) is 9.08. The number of aryl methyl sites for hydroxylation is 1. The SMILES string of the molecule is C=C.COc1ccc2c(c1)CCCC2=O. The average Bonchev–Trinajstić information content (AvgIpc) is 2.31. The molecule has 1 aromatic carbocycles. The fourth-order valence-corrected chi connectivity index (χ4v) is 1.75. The van der Waals surface area contributed by atoms with Gasteiger partial charge in [0.05, 0.1) is 7.11 Å². The van der Waals surface area contributed by atoms with Gasteiger partial charge >= 0.3 is 0 Å². The number of Topliss-reactive ketones (excluding diaryl/α,β-unsaturated/α-hetero) is 1. The van der Waals surface area contributed by atoms with Gasteiger partial charge in [-0.3, -0.25) is 4.79 Å². The summed E-state index contributed by atoms with van der Waals surface area (Å²) in [5, 5.41) is 0. The van der Waals surface area contributed by atoms with Gasteiger partial charge in [0.2, 0.25) is 0 Å². The third kappa shape index (κ3) is 2.46. The number of methoxy groups -OCH3 is 1. The Morgan fingerprint density at radius 3 is 2.67 bits per heavy atom. The predicted octanol–water partition coefficient (Wildman–Crippen LogP) is 3.02. The highest BCUT2D eigenvalue weighted by Gasteiger charge is 2.16. The molecule has 80 valence electrons. The normalized spacial score (nSPS) is 13.5. The number of ether oxygens (including phenoxy) is 1. The Hall–Kier alpha value is -1.57. The molecule has 1 aromatic rings. The van der Waals surface area contributed by atoms with E-state index in [0.29, 0.717) is 6.42 Å². The second kappa shape index (κ2) is 5.35. The van der Waals surface area contributed by atoms with E-state index in [9.17, 15) is 4.79 Å². The van der Waals surface area contributed by atoms with Gasteiger partial charge < -0.3 is 4.74 Å². The number of hydrogen-bond acceptors (Lipinski definition) is 2. The van der Waals surface area contributed by atoms with Crippen LogP contribution in [0, 0.1) is 0 Å². The lowest BCUT2D eigenvalue weighted by Gasteiger charge is -2.14. The van der Waals surface area contributed by atoms with Crippen LogP contribution in [0.1, 0.15) is 28.8 Å². The molecule has 0 saturated carbocycles. The fourth-order valence-electron chi connectivity index (χ4n) is 1.75. The highest BCUT2D eigenvalue weighted by molar-refractivity contribution is 5.98. The van der Waals surface area contributed by atoms with Crippen molar-refractivity contribution >= 4 is 5.78 Å². The Morgan fingerprint density at radius 2 is 2.00 bits per heavy atom. The molecule has 0 fully saturated rings. The van der Waals surface area contributed by atoms with Crippen molar-refractivity contribution in [2.24, 2.45) is 0 Å². The lowest BCUT2D eigenvalue weighted by Crippen LogP contribution is -2.10.